The highest BCUT2D eigenvalue weighted by molar-refractivity contribution is 6.30. The second kappa shape index (κ2) is 7.36. The van der Waals surface area contributed by atoms with Crippen molar-refractivity contribution in [3.05, 3.63) is 46.7 Å². The molecule has 0 aliphatic rings. The third kappa shape index (κ3) is 4.82. The lowest BCUT2D eigenvalue weighted by molar-refractivity contribution is -0.885. The number of benzene rings is 1. The predicted octanol–water partition coefficient (Wildman–Crippen LogP) is 1.76. The van der Waals surface area contributed by atoms with Crippen LogP contribution in [-0.4, -0.2) is 34.8 Å². The largest absolute Gasteiger partial charge is 0.347 e. The summed E-state index contributed by atoms with van der Waals surface area (Å²) in [5.74, 6) is 0.0317. The Hall–Kier alpha value is -1.85. The summed E-state index contributed by atoms with van der Waals surface area (Å²) in [6, 6.07) is 9.80. The zero-order valence-corrected chi connectivity index (χ0v) is 15.7. The first-order chi connectivity index (χ1) is 11.2. The molecule has 1 unspecified atom stereocenters. The monoisotopic (exact) mass is 349 g/mol. The van der Waals surface area contributed by atoms with Crippen LogP contribution < -0.4 is 10.2 Å². The molecule has 2 aromatic rings. The summed E-state index contributed by atoms with van der Waals surface area (Å²) in [4.78, 5) is 13.1. The molecule has 1 aromatic carbocycles. The molecule has 0 saturated carbocycles. The molecule has 24 heavy (non-hydrogen) atoms. The number of likely N-dealkylation sites (N-methyl/N-ethyl adjacent to an activating group) is 1. The maximum atomic E-state index is 12.1. The molecule has 2 N–H and O–H groups in total. The fraction of sp³-hybridized carbons (Fsp3) is 0.444. The Labute approximate surface area is 148 Å². The standard InChI is InChI=1S/C18H25ClN4O/c1-13-15(11-22(5)12-16(24)20-18(2,3)4)17(19)23(21-13)14-9-7-6-8-10-14/h6-10H,11-12H2,1-5H3,(H,20,24)/p+1. The second-order valence-electron chi connectivity index (χ2n) is 7.21. The van der Waals surface area contributed by atoms with E-state index in [9.17, 15) is 4.79 Å². The Morgan fingerprint density at radius 3 is 2.50 bits per heavy atom. The van der Waals surface area contributed by atoms with Crippen LogP contribution in [-0.2, 0) is 11.3 Å². The van der Waals surface area contributed by atoms with Gasteiger partial charge in [0.25, 0.3) is 5.91 Å². The van der Waals surface area contributed by atoms with Gasteiger partial charge in [0, 0.05) is 5.54 Å². The van der Waals surface area contributed by atoms with Crippen molar-refractivity contribution < 1.29 is 9.69 Å². The van der Waals surface area contributed by atoms with Gasteiger partial charge in [-0.1, -0.05) is 29.8 Å². The minimum absolute atomic E-state index is 0.0317. The van der Waals surface area contributed by atoms with Crippen LogP contribution in [0.5, 0.6) is 0 Å². The number of nitrogens with one attached hydrogen (secondary N) is 2. The van der Waals surface area contributed by atoms with Gasteiger partial charge in [-0.15, -0.1) is 0 Å². The number of aryl methyl sites for hydroxylation is 1. The van der Waals surface area contributed by atoms with E-state index in [4.69, 9.17) is 11.6 Å². The molecule has 2 rings (SSSR count). The molecule has 0 aliphatic carbocycles. The summed E-state index contributed by atoms with van der Waals surface area (Å²) in [5.41, 5.74) is 2.57. The summed E-state index contributed by atoms with van der Waals surface area (Å²) >= 11 is 6.54. The maximum Gasteiger partial charge on any atom is 0.275 e. The predicted molar refractivity (Wildman–Crippen MR) is 96.7 cm³/mol. The number of quaternary nitrogens is 1. The minimum atomic E-state index is -0.219. The number of hydrogen-bond acceptors (Lipinski definition) is 2. The number of amides is 1. The zero-order chi connectivity index (χ0) is 17.9. The first-order valence-electron chi connectivity index (χ1n) is 8.09. The van der Waals surface area contributed by atoms with Crippen LogP contribution >= 0.6 is 11.6 Å². The summed E-state index contributed by atoms with van der Waals surface area (Å²) in [6.07, 6.45) is 0. The summed E-state index contributed by atoms with van der Waals surface area (Å²) in [5, 5.41) is 8.13. The van der Waals surface area contributed by atoms with Crippen LogP contribution in [0.4, 0.5) is 0 Å². The Kier molecular flexibility index (Phi) is 5.67. The van der Waals surface area contributed by atoms with Gasteiger partial charge in [0.15, 0.2) is 6.54 Å². The molecule has 0 aliphatic heterocycles. The van der Waals surface area contributed by atoms with Gasteiger partial charge in [-0.3, -0.25) is 4.79 Å². The smallest absolute Gasteiger partial charge is 0.275 e. The van der Waals surface area contributed by atoms with E-state index in [1.165, 1.54) is 0 Å². The van der Waals surface area contributed by atoms with E-state index in [0.717, 1.165) is 21.8 Å². The van der Waals surface area contributed by atoms with E-state index in [0.29, 0.717) is 18.2 Å². The Bertz CT molecular complexity index is 704. The van der Waals surface area contributed by atoms with Gasteiger partial charge in [0.05, 0.1) is 24.0 Å². The number of hydrogen-bond donors (Lipinski definition) is 2. The molecule has 0 bridgehead atoms. The number of aromatic nitrogens is 2. The van der Waals surface area contributed by atoms with Crippen molar-refractivity contribution in [1.29, 1.82) is 0 Å². The van der Waals surface area contributed by atoms with E-state index in [1.807, 2.05) is 65.1 Å². The van der Waals surface area contributed by atoms with Crippen molar-refractivity contribution >= 4 is 17.5 Å². The lowest BCUT2D eigenvalue weighted by Gasteiger charge is -2.22. The second-order valence-corrected chi connectivity index (χ2v) is 7.57. The van der Waals surface area contributed by atoms with Crippen molar-refractivity contribution in [3.8, 4) is 5.69 Å². The molecule has 1 heterocycles. The van der Waals surface area contributed by atoms with Crippen molar-refractivity contribution in [3.63, 3.8) is 0 Å². The number of nitrogens with zero attached hydrogens (tertiary/aromatic N) is 2. The highest BCUT2D eigenvalue weighted by atomic mass is 35.5. The SMILES string of the molecule is Cc1nn(-c2ccccc2)c(Cl)c1C[NH+](C)CC(=O)NC(C)(C)C. The van der Waals surface area contributed by atoms with E-state index < -0.39 is 0 Å². The van der Waals surface area contributed by atoms with Gasteiger partial charge in [-0.2, -0.15) is 5.10 Å². The first-order valence-corrected chi connectivity index (χ1v) is 8.47. The van der Waals surface area contributed by atoms with Crippen molar-refractivity contribution in [2.75, 3.05) is 13.6 Å². The summed E-state index contributed by atoms with van der Waals surface area (Å²) < 4.78 is 1.74. The van der Waals surface area contributed by atoms with Gasteiger partial charge in [-0.05, 0) is 39.8 Å². The van der Waals surface area contributed by atoms with E-state index in [1.54, 1.807) is 4.68 Å². The van der Waals surface area contributed by atoms with Crippen LogP contribution in [0.25, 0.3) is 5.69 Å². The average molecular weight is 350 g/mol. The van der Waals surface area contributed by atoms with Gasteiger partial charge in [0.2, 0.25) is 0 Å². The molecule has 0 saturated heterocycles. The molecular weight excluding hydrogens is 324 g/mol. The number of carbonyl (C=O) groups is 1. The molecule has 1 aromatic heterocycles. The summed E-state index contributed by atoms with van der Waals surface area (Å²) in [6.45, 7) is 8.92. The van der Waals surface area contributed by atoms with Crippen LogP contribution in [0.2, 0.25) is 5.15 Å². The normalized spacial score (nSPS) is 12.9. The number of carbonyl (C=O) groups excluding carboxylic acids is 1. The van der Waals surface area contributed by atoms with Crippen LogP contribution in [0.15, 0.2) is 30.3 Å². The molecule has 6 heteroatoms. The van der Waals surface area contributed by atoms with Crippen LogP contribution in [0.1, 0.15) is 32.0 Å². The summed E-state index contributed by atoms with van der Waals surface area (Å²) in [7, 11) is 1.98. The Balaban J connectivity index is 2.10. The average Bonchev–Trinajstić information content (AvgIpc) is 2.74. The van der Waals surface area contributed by atoms with Gasteiger partial charge in [-0.25, -0.2) is 4.68 Å². The molecule has 130 valence electrons. The maximum absolute atomic E-state index is 12.1. The molecule has 1 atom stereocenters. The van der Waals surface area contributed by atoms with Crippen molar-refractivity contribution in [2.24, 2.45) is 0 Å². The molecule has 0 fully saturated rings. The number of halogens is 1. The lowest BCUT2D eigenvalue weighted by Crippen LogP contribution is -3.09. The van der Waals surface area contributed by atoms with Gasteiger partial charge in [0.1, 0.15) is 11.7 Å². The third-order valence-electron chi connectivity index (χ3n) is 3.58. The third-order valence-corrected chi connectivity index (χ3v) is 3.97. The fourth-order valence-electron chi connectivity index (χ4n) is 2.57. The van der Waals surface area contributed by atoms with Gasteiger partial charge < -0.3 is 10.2 Å². The molecule has 5 nitrogen and oxygen atoms in total. The van der Waals surface area contributed by atoms with Crippen molar-refractivity contribution in [2.45, 2.75) is 39.8 Å². The first kappa shape index (κ1) is 18.5. The van der Waals surface area contributed by atoms with E-state index >= 15 is 0 Å². The van der Waals surface area contributed by atoms with E-state index in [-0.39, 0.29) is 11.4 Å². The quantitative estimate of drug-likeness (QED) is 0.864. The fourth-order valence-corrected chi connectivity index (χ4v) is 2.91. The Morgan fingerprint density at radius 2 is 1.92 bits per heavy atom. The van der Waals surface area contributed by atoms with Gasteiger partial charge >= 0.3 is 0 Å². The Morgan fingerprint density at radius 1 is 1.29 bits per heavy atom. The highest BCUT2D eigenvalue weighted by Gasteiger charge is 2.21. The van der Waals surface area contributed by atoms with E-state index in [2.05, 4.69) is 10.4 Å². The van der Waals surface area contributed by atoms with Crippen LogP contribution in [0.3, 0.4) is 0 Å². The highest BCUT2D eigenvalue weighted by Crippen LogP contribution is 2.22. The number of para-hydroxylation sites is 1. The molecule has 1 amide bonds. The zero-order valence-electron chi connectivity index (χ0n) is 15.0. The number of rotatable bonds is 5. The molecule has 0 radical (unpaired) electrons. The van der Waals surface area contributed by atoms with Crippen molar-refractivity contribution in [1.82, 2.24) is 15.1 Å². The van der Waals surface area contributed by atoms with Crippen LogP contribution in [0, 0.1) is 6.92 Å². The minimum Gasteiger partial charge on any atom is -0.347 e. The topological polar surface area (TPSA) is 51.4 Å². The molecule has 0 spiro atoms. The molecular formula is C18H26ClN4O+. The lowest BCUT2D eigenvalue weighted by atomic mass is 10.1.